The van der Waals surface area contributed by atoms with Gasteiger partial charge in [0, 0.05) is 17.5 Å². The van der Waals surface area contributed by atoms with Gasteiger partial charge in [-0.2, -0.15) is 0 Å². The average molecular weight is 473 g/mol. The number of thioether (sulfide) groups is 2. The van der Waals surface area contributed by atoms with Crippen LogP contribution < -0.4 is 9.08 Å². The van der Waals surface area contributed by atoms with Gasteiger partial charge in [-0.25, -0.2) is 4.89 Å². The topological polar surface area (TPSA) is 88.5 Å². The minimum Gasteiger partial charge on any atom is -0.480 e. The van der Waals surface area contributed by atoms with Crippen LogP contribution in [-0.4, -0.2) is 46.4 Å². The number of thiocarbonyl (C=S) groups is 1. The maximum Gasteiger partial charge on any atom is 0.323 e. The Balaban J connectivity index is 1.78. The van der Waals surface area contributed by atoms with Crippen LogP contribution >= 0.6 is 48.1 Å². The van der Waals surface area contributed by atoms with Gasteiger partial charge in [0.2, 0.25) is 0 Å². The zero-order valence-corrected chi connectivity index (χ0v) is 18.6. The van der Waals surface area contributed by atoms with Gasteiger partial charge in [-0.3, -0.25) is 14.5 Å². The lowest BCUT2D eigenvalue weighted by Crippen LogP contribution is -2.33. The third-order valence-electron chi connectivity index (χ3n) is 3.79. The van der Waals surface area contributed by atoms with Crippen LogP contribution in [0.5, 0.6) is 5.75 Å². The fourth-order valence-electron chi connectivity index (χ4n) is 2.60. The minimum absolute atomic E-state index is 0.245. The zero-order valence-electron chi connectivity index (χ0n) is 15.3. The predicted molar refractivity (Wildman–Crippen MR) is 117 cm³/mol. The average Bonchev–Trinajstić information content (AvgIpc) is 3.17. The van der Waals surface area contributed by atoms with E-state index < -0.39 is 18.4 Å². The number of carboxylic acid groups (broad SMARTS) is 1. The monoisotopic (exact) mass is 472 g/mol. The molecule has 1 N–H and O–H groups in total. The van der Waals surface area contributed by atoms with E-state index in [-0.39, 0.29) is 4.32 Å². The summed E-state index contributed by atoms with van der Waals surface area (Å²) in [5, 5.41) is 9.86. The first-order valence-corrected chi connectivity index (χ1v) is 11.0. The fourth-order valence-corrected chi connectivity index (χ4v) is 5.17. The first-order chi connectivity index (χ1) is 13.9. The number of hydrogen-bond donors (Lipinski definition) is 1. The van der Waals surface area contributed by atoms with E-state index in [1.165, 1.54) is 7.11 Å². The quantitative estimate of drug-likeness (QED) is 0.150. The van der Waals surface area contributed by atoms with Crippen molar-refractivity contribution in [2.75, 3.05) is 25.1 Å². The lowest BCUT2D eigenvalue weighted by Gasteiger charge is -2.18. The van der Waals surface area contributed by atoms with Crippen LogP contribution in [0.1, 0.15) is 6.92 Å². The number of anilines is 1. The Morgan fingerprint density at radius 3 is 2.79 bits per heavy atom. The summed E-state index contributed by atoms with van der Waals surface area (Å²) in [6.45, 7) is 2.30. The van der Waals surface area contributed by atoms with E-state index in [0.29, 0.717) is 17.2 Å². The molecule has 8 nitrogen and oxygen atoms in total. The number of amides is 1. The molecular weight excluding hydrogens is 456 g/mol. The molecule has 3 rings (SSSR count). The summed E-state index contributed by atoms with van der Waals surface area (Å²) in [5.41, 5.74) is 0.978. The fraction of sp³-hybridized carbons (Fsp3) is 0.235. The number of carboxylic acids is 1. The van der Waals surface area contributed by atoms with Crippen LogP contribution in [0.2, 0.25) is 0 Å². The number of nitrogens with zero attached hydrogens (tertiary/aromatic N) is 2. The molecule has 2 aliphatic rings. The van der Waals surface area contributed by atoms with Crippen molar-refractivity contribution in [1.82, 2.24) is 4.90 Å². The molecule has 0 saturated carbocycles. The molecule has 1 aromatic carbocycles. The Morgan fingerprint density at radius 1 is 1.31 bits per heavy atom. The zero-order chi connectivity index (χ0) is 21.0. The van der Waals surface area contributed by atoms with E-state index in [1.807, 2.05) is 31.2 Å². The van der Waals surface area contributed by atoms with Gasteiger partial charge in [-0.15, -0.1) is 4.33 Å². The Kier molecular flexibility index (Phi) is 7.49. The molecule has 2 aliphatic heterocycles. The van der Waals surface area contributed by atoms with Crippen molar-refractivity contribution in [2.24, 2.45) is 0 Å². The molecular formula is C17H16N2O6S4. The predicted octanol–water partition coefficient (Wildman–Crippen LogP) is 3.81. The van der Waals surface area contributed by atoms with Crippen molar-refractivity contribution in [1.29, 1.82) is 0 Å². The van der Waals surface area contributed by atoms with E-state index in [2.05, 4.69) is 14.1 Å². The summed E-state index contributed by atoms with van der Waals surface area (Å²) in [5.74, 6) is -0.888. The lowest BCUT2D eigenvalue weighted by atomic mass is 10.2. The van der Waals surface area contributed by atoms with Gasteiger partial charge >= 0.3 is 5.97 Å². The van der Waals surface area contributed by atoms with E-state index in [1.54, 1.807) is 17.8 Å². The summed E-state index contributed by atoms with van der Waals surface area (Å²) in [6, 6.07) is 5.66. The molecule has 1 aromatic rings. The number of carbonyl (C=O) groups excluding carboxylic acids is 1. The SMILES string of the molecule is CCN1/C(=C/C=C2/SC(=S)N(CC(=O)O)C2=O)Sc2ccc(OSOOC)cc21. The van der Waals surface area contributed by atoms with E-state index in [0.717, 1.165) is 44.6 Å². The molecule has 29 heavy (non-hydrogen) atoms. The molecule has 12 heteroatoms. The summed E-state index contributed by atoms with van der Waals surface area (Å²) in [7, 11) is 1.39. The second-order valence-corrected chi connectivity index (χ2v) is 8.73. The summed E-state index contributed by atoms with van der Waals surface area (Å²) < 4.78 is 10.3. The number of benzene rings is 1. The highest BCUT2D eigenvalue weighted by Gasteiger charge is 2.33. The summed E-state index contributed by atoms with van der Waals surface area (Å²) >= 11 is 8.50. The Morgan fingerprint density at radius 2 is 2.10 bits per heavy atom. The molecule has 0 radical (unpaired) electrons. The van der Waals surface area contributed by atoms with Crippen molar-refractivity contribution in [2.45, 2.75) is 11.8 Å². The largest absolute Gasteiger partial charge is 0.480 e. The standard InChI is InChI=1S/C17H16N2O6S4/c1-3-18-11-8-10(24-29-25-23-2)4-5-12(11)27-14(18)7-6-13-16(22)19(9-15(20)21)17(26)28-13/h4-8H,3,9H2,1-2H3,(H,20,21)/b13-6+,14-7-. The van der Waals surface area contributed by atoms with E-state index in [4.69, 9.17) is 21.5 Å². The number of allylic oxidation sites excluding steroid dienone is 2. The highest BCUT2D eigenvalue weighted by atomic mass is 32.2. The van der Waals surface area contributed by atoms with Gasteiger partial charge in [0.05, 0.1) is 22.7 Å². The van der Waals surface area contributed by atoms with E-state index in [9.17, 15) is 9.59 Å². The molecule has 0 unspecified atom stereocenters. The highest BCUT2D eigenvalue weighted by Crippen LogP contribution is 2.47. The molecule has 154 valence electrons. The number of carbonyl (C=O) groups is 2. The van der Waals surface area contributed by atoms with Gasteiger partial charge in [-0.1, -0.05) is 35.7 Å². The van der Waals surface area contributed by atoms with E-state index >= 15 is 0 Å². The maximum atomic E-state index is 12.4. The molecule has 0 spiro atoms. The molecule has 0 aliphatic carbocycles. The number of hydrogen-bond acceptors (Lipinski definition) is 10. The molecule has 0 aromatic heterocycles. The first-order valence-electron chi connectivity index (χ1n) is 8.25. The van der Waals surface area contributed by atoms with Gasteiger partial charge < -0.3 is 14.2 Å². The van der Waals surface area contributed by atoms with Crippen molar-refractivity contribution in [3.8, 4) is 5.75 Å². The van der Waals surface area contributed by atoms with Crippen LogP contribution in [0, 0.1) is 0 Å². The third kappa shape index (κ3) is 5.08. The number of fused-ring (bicyclic) bond motifs is 1. The van der Waals surface area contributed by atoms with Crippen molar-refractivity contribution >= 4 is 69.9 Å². The van der Waals surface area contributed by atoms with Crippen molar-refractivity contribution in [3.05, 3.63) is 40.3 Å². The molecule has 1 amide bonds. The Bertz CT molecular complexity index is 904. The molecule has 1 fully saturated rings. The molecule has 1 saturated heterocycles. The van der Waals surface area contributed by atoms with Gasteiger partial charge in [0.15, 0.2) is 0 Å². The van der Waals surface area contributed by atoms with Gasteiger partial charge in [-0.05, 0) is 31.2 Å². The van der Waals surface area contributed by atoms with Crippen LogP contribution in [0.15, 0.2) is 45.2 Å². The van der Waals surface area contributed by atoms with Crippen LogP contribution in [0.3, 0.4) is 0 Å². The minimum atomic E-state index is -1.10. The van der Waals surface area contributed by atoms with Gasteiger partial charge in [0.1, 0.15) is 16.6 Å². The van der Waals surface area contributed by atoms with Crippen molar-refractivity contribution in [3.63, 3.8) is 0 Å². The molecule has 0 atom stereocenters. The Hall–Kier alpha value is -1.70. The number of aliphatic carboxylic acids is 1. The maximum absolute atomic E-state index is 12.4. The first kappa shape index (κ1) is 22.0. The van der Waals surface area contributed by atoms with Crippen LogP contribution in [0.25, 0.3) is 0 Å². The normalized spacial score (nSPS) is 18.8. The highest BCUT2D eigenvalue weighted by molar-refractivity contribution is 8.26. The second kappa shape index (κ2) is 9.87. The second-order valence-electron chi connectivity index (χ2n) is 5.55. The van der Waals surface area contributed by atoms with Crippen molar-refractivity contribution < 1.29 is 28.1 Å². The summed E-state index contributed by atoms with van der Waals surface area (Å²) in [6.07, 6.45) is 3.52. The van der Waals surface area contributed by atoms with Crippen LogP contribution in [-0.2, 0) is 18.8 Å². The molecule has 0 bridgehead atoms. The lowest BCUT2D eigenvalue weighted by molar-refractivity contribution is -0.164. The number of rotatable bonds is 8. The smallest absolute Gasteiger partial charge is 0.323 e. The third-order valence-corrected chi connectivity index (χ3v) is 6.77. The van der Waals surface area contributed by atoms with Gasteiger partial charge in [0.25, 0.3) is 18.2 Å². The van der Waals surface area contributed by atoms with Crippen LogP contribution in [0.4, 0.5) is 5.69 Å². The Labute approximate surface area is 185 Å². The summed E-state index contributed by atoms with van der Waals surface area (Å²) in [4.78, 5) is 32.4. The molecule has 2 heterocycles.